The van der Waals surface area contributed by atoms with Gasteiger partial charge in [-0.1, -0.05) is 18.2 Å². The van der Waals surface area contributed by atoms with E-state index in [0.29, 0.717) is 24.1 Å². The number of amides is 1. The Morgan fingerprint density at radius 2 is 1.91 bits per heavy atom. The van der Waals surface area contributed by atoms with Crippen LogP contribution in [0.4, 0.5) is 13.2 Å². The Balaban J connectivity index is 1.44. The highest BCUT2D eigenvalue weighted by Gasteiger charge is 2.38. The zero-order chi connectivity index (χ0) is 24.3. The van der Waals surface area contributed by atoms with Crippen molar-refractivity contribution < 1.29 is 27.5 Å². The number of carbonyl (C=O) groups excluding carboxylic acids is 2. The first-order valence-electron chi connectivity index (χ1n) is 10.6. The van der Waals surface area contributed by atoms with Crippen molar-refractivity contribution in [2.75, 3.05) is 13.7 Å². The molecule has 1 aliphatic heterocycles. The number of ether oxygens (including phenoxy) is 1. The molecule has 1 amide bonds. The van der Waals surface area contributed by atoms with Crippen molar-refractivity contribution in [2.45, 2.75) is 31.2 Å². The van der Waals surface area contributed by atoms with E-state index in [1.165, 1.54) is 13.2 Å². The molecule has 1 N–H and O–H groups in total. The fraction of sp³-hybridized carbons (Fsp3) is 0.292. The molecule has 178 valence electrons. The molecule has 0 saturated carbocycles. The van der Waals surface area contributed by atoms with Gasteiger partial charge in [-0.15, -0.1) is 0 Å². The maximum absolute atomic E-state index is 13.1. The topological polar surface area (TPSA) is 76.5 Å². The predicted octanol–water partition coefficient (Wildman–Crippen LogP) is 3.44. The fourth-order valence-corrected chi connectivity index (χ4v) is 4.10. The smallest absolute Gasteiger partial charge is 0.416 e. The Morgan fingerprint density at radius 1 is 1.15 bits per heavy atom. The minimum absolute atomic E-state index is 0.120. The minimum Gasteiger partial charge on any atom is -0.468 e. The van der Waals surface area contributed by atoms with Crippen molar-refractivity contribution in [1.29, 1.82) is 0 Å². The fourth-order valence-electron chi connectivity index (χ4n) is 4.10. The summed E-state index contributed by atoms with van der Waals surface area (Å²) in [6.45, 7) is 0.418. The van der Waals surface area contributed by atoms with Crippen LogP contribution in [0.25, 0.3) is 5.69 Å². The third-order valence-electron chi connectivity index (χ3n) is 5.75. The van der Waals surface area contributed by atoms with Gasteiger partial charge >= 0.3 is 12.1 Å². The van der Waals surface area contributed by atoms with Gasteiger partial charge in [0.1, 0.15) is 6.04 Å². The van der Waals surface area contributed by atoms with Gasteiger partial charge in [0.05, 0.1) is 18.4 Å². The standard InChI is InChI=1S/C24H23F3N4O3/c1-34-23(33)21-13-19(15-30(21)14-16-4-2-5-18(12-16)24(25,26)27)29-22(32)17-6-8-20(9-7-17)31-11-3-10-28-31/h2-12,19,21H,13-15H2,1H3,(H,29,32)/t19-,21+/m1/s1. The molecule has 2 atom stereocenters. The highest BCUT2D eigenvalue weighted by molar-refractivity contribution is 5.94. The monoisotopic (exact) mass is 472 g/mol. The molecule has 2 aromatic carbocycles. The molecule has 0 spiro atoms. The summed E-state index contributed by atoms with van der Waals surface area (Å²) in [7, 11) is 1.26. The summed E-state index contributed by atoms with van der Waals surface area (Å²) in [5.41, 5.74) is 0.925. The van der Waals surface area contributed by atoms with Crippen LogP contribution >= 0.6 is 0 Å². The lowest BCUT2D eigenvalue weighted by atomic mass is 10.1. The van der Waals surface area contributed by atoms with Crippen molar-refractivity contribution >= 4 is 11.9 Å². The van der Waals surface area contributed by atoms with Crippen molar-refractivity contribution in [3.05, 3.63) is 83.7 Å². The number of hydrogen-bond donors (Lipinski definition) is 1. The highest BCUT2D eigenvalue weighted by Crippen LogP contribution is 2.30. The Kier molecular flexibility index (Phi) is 6.69. The van der Waals surface area contributed by atoms with Gasteiger partial charge in [0, 0.05) is 37.1 Å². The number of nitrogens with one attached hydrogen (secondary N) is 1. The van der Waals surface area contributed by atoms with Crippen LogP contribution in [0.5, 0.6) is 0 Å². The number of carbonyl (C=O) groups is 2. The van der Waals surface area contributed by atoms with Crippen molar-refractivity contribution in [1.82, 2.24) is 20.0 Å². The van der Waals surface area contributed by atoms with E-state index in [9.17, 15) is 22.8 Å². The van der Waals surface area contributed by atoms with Crippen LogP contribution in [0.3, 0.4) is 0 Å². The zero-order valence-corrected chi connectivity index (χ0v) is 18.3. The number of aromatic nitrogens is 2. The summed E-state index contributed by atoms with van der Waals surface area (Å²) in [5.74, 6) is -0.797. The van der Waals surface area contributed by atoms with Crippen LogP contribution in [-0.2, 0) is 22.3 Å². The predicted molar refractivity (Wildman–Crippen MR) is 117 cm³/mol. The zero-order valence-electron chi connectivity index (χ0n) is 18.3. The number of hydrogen-bond acceptors (Lipinski definition) is 5. The van der Waals surface area contributed by atoms with Gasteiger partial charge in [-0.25, -0.2) is 4.68 Å². The average Bonchev–Trinajstić information content (AvgIpc) is 3.49. The Morgan fingerprint density at radius 3 is 2.56 bits per heavy atom. The van der Waals surface area contributed by atoms with Crippen LogP contribution in [0.1, 0.15) is 27.9 Å². The van der Waals surface area contributed by atoms with Gasteiger partial charge in [0.2, 0.25) is 0 Å². The summed E-state index contributed by atoms with van der Waals surface area (Å²) >= 11 is 0. The van der Waals surface area contributed by atoms with Crippen molar-refractivity contribution in [3.63, 3.8) is 0 Å². The maximum Gasteiger partial charge on any atom is 0.416 e. The second-order valence-corrected chi connectivity index (χ2v) is 8.07. The number of alkyl halides is 3. The van der Waals surface area contributed by atoms with Gasteiger partial charge in [-0.2, -0.15) is 18.3 Å². The number of likely N-dealkylation sites (tertiary alicyclic amines) is 1. The maximum atomic E-state index is 13.1. The van der Waals surface area contributed by atoms with Gasteiger partial charge < -0.3 is 10.1 Å². The second-order valence-electron chi connectivity index (χ2n) is 8.07. The van der Waals surface area contributed by atoms with Gasteiger partial charge in [-0.05, 0) is 48.4 Å². The molecular weight excluding hydrogens is 449 g/mol. The molecule has 0 radical (unpaired) electrons. The van der Waals surface area contributed by atoms with E-state index in [0.717, 1.165) is 17.8 Å². The number of methoxy groups -OCH3 is 1. The summed E-state index contributed by atoms with van der Waals surface area (Å²) < 4.78 is 45.8. The van der Waals surface area contributed by atoms with Gasteiger partial charge in [-0.3, -0.25) is 14.5 Å². The third-order valence-corrected chi connectivity index (χ3v) is 5.75. The first kappa shape index (κ1) is 23.5. The van der Waals surface area contributed by atoms with E-state index >= 15 is 0 Å². The van der Waals surface area contributed by atoms with Crippen LogP contribution in [-0.4, -0.2) is 52.3 Å². The van der Waals surface area contributed by atoms with Crippen LogP contribution in [0.15, 0.2) is 67.0 Å². The molecule has 0 aliphatic carbocycles. The average molecular weight is 472 g/mol. The molecule has 0 bridgehead atoms. The summed E-state index contributed by atoms with van der Waals surface area (Å²) in [6, 6.07) is 12.7. The lowest BCUT2D eigenvalue weighted by molar-refractivity contribution is -0.146. The molecule has 10 heteroatoms. The first-order valence-corrected chi connectivity index (χ1v) is 10.6. The van der Waals surface area contributed by atoms with Gasteiger partial charge in [0.15, 0.2) is 0 Å². The van der Waals surface area contributed by atoms with E-state index in [4.69, 9.17) is 4.74 Å². The quantitative estimate of drug-likeness (QED) is 0.557. The lowest BCUT2D eigenvalue weighted by Gasteiger charge is -2.22. The number of esters is 1. The molecule has 0 unspecified atom stereocenters. The largest absolute Gasteiger partial charge is 0.468 e. The number of nitrogens with zero attached hydrogens (tertiary/aromatic N) is 3. The van der Waals surface area contributed by atoms with E-state index in [2.05, 4.69) is 10.4 Å². The lowest BCUT2D eigenvalue weighted by Crippen LogP contribution is -2.37. The Bertz CT molecular complexity index is 1150. The molecule has 4 rings (SSSR count). The number of rotatable bonds is 6. The van der Waals surface area contributed by atoms with E-state index < -0.39 is 23.8 Å². The van der Waals surface area contributed by atoms with Crippen molar-refractivity contribution in [2.24, 2.45) is 0 Å². The minimum atomic E-state index is -4.45. The van der Waals surface area contributed by atoms with E-state index in [-0.39, 0.29) is 18.5 Å². The van der Waals surface area contributed by atoms with Crippen LogP contribution < -0.4 is 5.32 Å². The SMILES string of the molecule is COC(=O)[C@@H]1C[C@@H](NC(=O)c2ccc(-n3cccn3)cc2)CN1Cc1cccc(C(F)(F)F)c1. The van der Waals surface area contributed by atoms with Crippen LogP contribution in [0.2, 0.25) is 0 Å². The molecule has 7 nitrogen and oxygen atoms in total. The third kappa shape index (κ3) is 5.28. The van der Waals surface area contributed by atoms with E-state index in [1.807, 2.05) is 0 Å². The highest BCUT2D eigenvalue weighted by atomic mass is 19.4. The molecule has 1 aliphatic rings. The van der Waals surface area contributed by atoms with Gasteiger partial charge in [0.25, 0.3) is 5.91 Å². The molecular formula is C24H23F3N4O3. The van der Waals surface area contributed by atoms with Crippen molar-refractivity contribution in [3.8, 4) is 5.69 Å². The number of halogens is 3. The second kappa shape index (κ2) is 9.68. The summed E-state index contributed by atoms with van der Waals surface area (Å²) in [5, 5.41) is 7.06. The normalized spacial score (nSPS) is 18.6. The Labute approximate surface area is 194 Å². The number of benzene rings is 2. The molecule has 1 fully saturated rings. The van der Waals surface area contributed by atoms with E-state index in [1.54, 1.807) is 58.4 Å². The molecule has 34 heavy (non-hydrogen) atoms. The molecule has 1 aromatic heterocycles. The Hall–Kier alpha value is -3.66. The molecule has 2 heterocycles. The summed E-state index contributed by atoms with van der Waals surface area (Å²) in [6.07, 6.45) is -0.710. The molecule has 1 saturated heterocycles. The molecule has 3 aromatic rings. The first-order chi connectivity index (χ1) is 16.2. The summed E-state index contributed by atoms with van der Waals surface area (Å²) in [4.78, 5) is 26.8. The van der Waals surface area contributed by atoms with Crippen LogP contribution in [0, 0.1) is 0 Å².